The molecule has 1 aliphatic rings. The van der Waals surface area contributed by atoms with E-state index in [1.165, 1.54) is 0 Å². The molecule has 106 valence electrons. The predicted molar refractivity (Wildman–Crippen MR) is 73.9 cm³/mol. The molecule has 18 heavy (non-hydrogen) atoms. The van der Waals surface area contributed by atoms with Crippen LogP contribution in [0.2, 0.25) is 0 Å². The third-order valence-corrected chi connectivity index (χ3v) is 6.22. The molecule has 0 aliphatic carbocycles. The van der Waals surface area contributed by atoms with Crippen LogP contribution in [0.25, 0.3) is 0 Å². The third-order valence-electron chi connectivity index (χ3n) is 2.68. The average Bonchev–Trinajstić information content (AvgIpc) is 2.79. The van der Waals surface area contributed by atoms with Crippen LogP contribution in [0.1, 0.15) is 33.6 Å². The number of ether oxygens (including phenoxy) is 1. The van der Waals surface area contributed by atoms with Crippen molar-refractivity contribution in [1.29, 1.82) is 0 Å². The molecule has 1 heterocycles. The molecule has 5 nitrogen and oxygen atoms in total. The fraction of sp³-hybridized carbons (Fsp3) is 0.909. The van der Waals surface area contributed by atoms with E-state index in [-0.39, 0.29) is 12.0 Å². The van der Waals surface area contributed by atoms with Gasteiger partial charge >= 0.3 is 5.97 Å². The lowest BCUT2D eigenvalue weighted by atomic mass is 10.2. The van der Waals surface area contributed by atoms with Gasteiger partial charge < -0.3 is 13.8 Å². The van der Waals surface area contributed by atoms with Gasteiger partial charge in [-0.05, 0) is 45.4 Å². The molecule has 0 aromatic heterocycles. The van der Waals surface area contributed by atoms with Crippen molar-refractivity contribution < 1.29 is 18.6 Å². The van der Waals surface area contributed by atoms with E-state index >= 15 is 0 Å². The summed E-state index contributed by atoms with van der Waals surface area (Å²) in [7, 11) is 0. The van der Waals surface area contributed by atoms with E-state index in [1.54, 1.807) is 6.92 Å². The van der Waals surface area contributed by atoms with Crippen molar-refractivity contribution >= 4 is 24.4 Å². The molecule has 1 unspecified atom stereocenters. The van der Waals surface area contributed by atoms with E-state index in [1.807, 2.05) is 18.5 Å². The van der Waals surface area contributed by atoms with Gasteiger partial charge in [-0.15, -0.1) is 0 Å². The summed E-state index contributed by atoms with van der Waals surface area (Å²) < 4.78 is 18.3. The van der Waals surface area contributed by atoms with Crippen molar-refractivity contribution in [3.63, 3.8) is 0 Å². The number of nitrogens with zero attached hydrogens (tertiary/aromatic N) is 1. The van der Waals surface area contributed by atoms with Crippen molar-refractivity contribution in [2.45, 2.75) is 39.7 Å². The van der Waals surface area contributed by atoms with Gasteiger partial charge in [0.1, 0.15) is 6.04 Å². The normalized spacial score (nSPS) is 21.2. The van der Waals surface area contributed by atoms with Crippen LogP contribution in [0.3, 0.4) is 0 Å². The lowest BCUT2D eigenvalue weighted by molar-refractivity contribution is -0.147. The summed E-state index contributed by atoms with van der Waals surface area (Å²) in [4.78, 5) is 11.9. The number of esters is 1. The van der Waals surface area contributed by atoms with Gasteiger partial charge in [0.25, 0.3) is 6.64 Å². The van der Waals surface area contributed by atoms with Gasteiger partial charge in [-0.1, -0.05) is 0 Å². The number of rotatable bonds is 7. The number of carbonyl (C=O) groups excluding carboxylic acids is 1. The van der Waals surface area contributed by atoms with Crippen LogP contribution in [0.15, 0.2) is 0 Å². The summed E-state index contributed by atoms with van der Waals surface area (Å²) in [6, 6.07) is -0.311. The molecular formula is C11H22NO4PS. The molecule has 1 fully saturated rings. The summed E-state index contributed by atoms with van der Waals surface area (Å²) in [5.41, 5.74) is 0. The Hall–Kier alpha value is -0.0000000000000000694. The first-order valence-corrected chi connectivity index (χ1v) is 9.01. The number of hydrogen-bond acceptors (Lipinski definition) is 5. The molecule has 1 saturated heterocycles. The van der Waals surface area contributed by atoms with Crippen LogP contribution >= 0.6 is 6.64 Å². The SMILES string of the molecule is CCOC(=O)C1CCCN1P(=S)(OCC)OCC. The molecule has 0 spiro atoms. The third kappa shape index (κ3) is 3.75. The minimum Gasteiger partial charge on any atom is -0.465 e. The molecule has 1 atom stereocenters. The zero-order valence-electron chi connectivity index (χ0n) is 11.3. The van der Waals surface area contributed by atoms with E-state index in [9.17, 15) is 4.79 Å². The molecular weight excluding hydrogens is 273 g/mol. The Morgan fingerprint density at radius 1 is 1.28 bits per heavy atom. The molecule has 0 N–H and O–H groups in total. The Kier molecular flexibility index (Phi) is 6.74. The average molecular weight is 295 g/mol. The summed E-state index contributed by atoms with van der Waals surface area (Å²) in [6.07, 6.45) is 1.68. The van der Waals surface area contributed by atoms with Gasteiger partial charge in [-0.3, -0.25) is 4.79 Å². The second kappa shape index (κ2) is 7.56. The molecule has 0 aromatic carbocycles. The minimum absolute atomic E-state index is 0.219. The lowest BCUT2D eigenvalue weighted by Crippen LogP contribution is -2.36. The van der Waals surface area contributed by atoms with Gasteiger partial charge in [0.15, 0.2) is 0 Å². The van der Waals surface area contributed by atoms with Crippen LogP contribution in [-0.4, -0.2) is 43.0 Å². The fourth-order valence-electron chi connectivity index (χ4n) is 2.03. The molecule has 0 saturated carbocycles. The summed E-state index contributed by atoms with van der Waals surface area (Å²) in [5.74, 6) is -0.219. The molecule has 0 radical (unpaired) electrons. The van der Waals surface area contributed by atoms with Crippen LogP contribution in [0, 0.1) is 0 Å². The van der Waals surface area contributed by atoms with E-state index in [0.717, 1.165) is 19.4 Å². The topological polar surface area (TPSA) is 48.0 Å². The highest BCUT2D eigenvalue weighted by Crippen LogP contribution is 2.55. The maximum atomic E-state index is 11.9. The highest BCUT2D eigenvalue weighted by atomic mass is 32.5. The first-order chi connectivity index (χ1) is 8.59. The van der Waals surface area contributed by atoms with E-state index in [2.05, 4.69) is 0 Å². The van der Waals surface area contributed by atoms with Gasteiger partial charge in [-0.25, -0.2) is 4.67 Å². The second-order valence-electron chi connectivity index (χ2n) is 3.88. The van der Waals surface area contributed by atoms with E-state index in [4.69, 9.17) is 25.6 Å². The molecule has 0 aromatic rings. The summed E-state index contributed by atoms with van der Waals surface area (Å²) in [6.45, 7) is 5.14. The molecule has 1 rings (SSSR count). The van der Waals surface area contributed by atoms with Crippen molar-refractivity contribution in [3.05, 3.63) is 0 Å². The number of carbonyl (C=O) groups is 1. The Morgan fingerprint density at radius 3 is 2.39 bits per heavy atom. The standard InChI is InChI=1S/C11H22NO4PS/c1-4-14-11(13)10-8-7-9-12(10)17(18,15-5-2)16-6-3/h10H,4-9H2,1-3H3. The monoisotopic (exact) mass is 295 g/mol. The Morgan fingerprint density at radius 2 is 1.89 bits per heavy atom. The Balaban J connectivity index is 2.83. The molecule has 7 heteroatoms. The number of hydrogen-bond donors (Lipinski definition) is 0. The first-order valence-electron chi connectivity index (χ1n) is 6.41. The Labute approximate surface area is 114 Å². The largest absolute Gasteiger partial charge is 0.465 e. The summed E-state index contributed by atoms with van der Waals surface area (Å²) >= 11 is 5.53. The highest BCUT2D eigenvalue weighted by Gasteiger charge is 2.41. The van der Waals surface area contributed by atoms with Gasteiger partial charge in [0.2, 0.25) is 0 Å². The highest BCUT2D eigenvalue weighted by molar-refractivity contribution is 8.08. The van der Waals surface area contributed by atoms with Crippen LogP contribution in [-0.2, 0) is 30.4 Å². The zero-order chi connectivity index (χ0) is 13.6. The molecule has 0 bridgehead atoms. The minimum atomic E-state index is -2.53. The van der Waals surface area contributed by atoms with E-state index < -0.39 is 6.64 Å². The zero-order valence-corrected chi connectivity index (χ0v) is 13.0. The van der Waals surface area contributed by atoms with Gasteiger partial charge in [-0.2, -0.15) is 0 Å². The second-order valence-corrected chi connectivity index (χ2v) is 7.23. The van der Waals surface area contributed by atoms with Crippen LogP contribution in [0.5, 0.6) is 0 Å². The molecule has 1 aliphatic heterocycles. The molecule has 0 amide bonds. The summed E-state index contributed by atoms with van der Waals surface area (Å²) in [5, 5.41) is 0. The maximum absolute atomic E-state index is 11.9. The Bertz CT molecular complexity index is 316. The quantitative estimate of drug-likeness (QED) is 0.530. The first kappa shape index (κ1) is 16.1. The van der Waals surface area contributed by atoms with Crippen molar-refractivity contribution in [2.24, 2.45) is 0 Å². The van der Waals surface area contributed by atoms with E-state index in [0.29, 0.717) is 19.8 Å². The van der Waals surface area contributed by atoms with Crippen molar-refractivity contribution in [3.8, 4) is 0 Å². The van der Waals surface area contributed by atoms with Crippen molar-refractivity contribution in [1.82, 2.24) is 4.67 Å². The fourth-order valence-corrected chi connectivity index (χ4v) is 5.21. The smallest absolute Gasteiger partial charge is 0.323 e. The predicted octanol–water partition coefficient (Wildman–Crippen LogP) is 2.31. The maximum Gasteiger partial charge on any atom is 0.323 e. The van der Waals surface area contributed by atoms with Crippen molar-refractivity contribution in [2.75, 3.05) is 26.4 Å². The van der Waals surface area contributed by atoms with Crippen LogP contribution in [0.4, 0.5) is 0 Å². The van der Waals surface area contributed by atoms with Gasteiger partial charge in [0, 0.05) is 6.54 Å². The van der Waals surface area contributed by atoms with Gasteiger partial charge in [0.05, 0.1) is 19.8 Å². The lowest BCUT2D eigenvalue weighted by Gasteiger charge is -2.33. The van der Waals surface area contributed by atoms with Crippen LogP contribution < -0.4 is 0 Å².